The molecule has 1 aliphatic heterocycles. The van der Waals surface area contributed by atoms with E-state index in [1.54, 1.807) is 18.3 Å². The monoisotopic (exact) mass is 470 g/mol. The van der Waals surface area contributed by atoms with E-state index in [0.717, 1.165) is 30.5 Å². The Hall–Kier alpha value is -2.44. The zero-order valence-electron chi connectivity index (χ0n) is 17.5. The molecule has 1 N–H and O–H groups in total. The van der Waals surface area contributed by atoms with Crippen LogP contribution in [-0.2, 0) is 17.9 Å². The van der Waals surface area contributed by atoms with Gasteiger partial charge in [0, 0.05) is 29.0 Å². The number of ether oxygens (including phenoxy) is 1. The standard InChI is InChI=1S/C25H24Cl2N2O3/c26-21-10-17(11-22(27)12-21)16-32-23-7-4-8-29(24(23)19-5-2-1-3-6-19)15-18-9-20(25(30)31)14-28-13-18/h1-3,5-6,9-14,23-24H,4,7-8,15-16H2,(H,30,31)/t23-,24-/m0/s1. The van der Waals surface area contributed by atoms with Gasteiger partial charge in [-0.25, -0.2) is 4.79 Å². The Morgan fingerprint density at radius 1 is 1.06 bits per heavy atom. The first-order valence-corrected chi connectivity index (χ1v) is 11.3. The Morgan fingerprint density at radius 2 is 1.81 bits per heavy atom. The summed E-state index contributed by atoms with van der Waals surface area (Å²) in [5.74, 6) is -0.973. The summed E-state index contributed by atoms with van der Waals surface area (Å²) < 4.78 is 6.41. The summed E-state index contributed by atoms with van der Waals surface area (Å²) in [6.07, 6.45) is 4.99. The highest BCUT2D eigenvalue weighted by Crippen LogP contribution is 2.35. The number of piperidine rings is 1. The molecular weight excluding hydrogens is 447 g/mol. The lowest BCUT2D eigenvalue weighted by Gasteiger charge is -2.41. The van der Waals surface area contributed by atoms with Crippen molar-refractivity contribution in [2.75, 3.05) is 6.54 Å². The van der Waals surface area contributed by atoms with Crippen molar-refractivity contribution in [2.45, 2.75) is 38.1 Å². The number of carboxylic acids is 1. The number of halogens is 2. The first kappa shape index (κ1) is 22.7. The molecule has 3 aromatic rings. The van der Waals surface area contributed by atoms with E-state index in [-0.39, 0.29) is 17.7 Å². The zero-order chi connectivity index (χ0) is 22.5. The highest BCUT2D eigenvalue weighted by atomic mass is 35.5. The van der Waals surface area contributed by atoms with Gasteiger partial charge in [0.15, 0.2) is 0 Å². The number of nitrogens with zero attached hydrogens (tertiary/aromatic N) is 2. The molecule has 2 atom stereocenters. The summed E-state index contributed by atoms with van der Waals surface area (Å²) >= 11 is 12.3. The summed E-state index contributed by atoms with van der Waals surface area (Å²) in [5.41, 5.74) is 3.17. The van der Waals surface area contributed by atoms with Crippen LogP contribution in [0.25, 0.3) is 0 Å². The largest absolute Gasteiger partial charge is 0.478 e. The van der Waals surface area contributed by atoms with Crippen LogP contribution < -0.4 is 0 Å². The molecule has 1 aliphatic rings. The second-order valence-electron chi connectivity index (χ2n) is 7.98. The van der Waals surface area contributed by atoms with Gasteiger partial charge in [-0.1, -0.05) is 53.5 Å². The van der Waals surface area contributed by atoms with Gasteiger partial charge in [-0.3, -0.25) is 9.88 Å². The molecule has 4 rings (SSSR count). The summed E-state index contributed by atoms with van der Waals surface area (Å²) in [6.45, 7) is 1.90. The lowest BCUT2D eigenvalue weighted by atomic mass is 9.91. The van der Waals surface area contributed by atoms with Crippen LogP contribution in [0.3, 0.4) is 0 Å². The predicted octanol–water partition coefficient (Wildman–Crippen LogP) is 6.01. The topological polar surface area (TPSA) is 62.7 Å². The fourth-order valence-electron chi connectivity index (χ4n) is 4.28. The third-order valence-corrected chi connectivity index (χ3v) is 6.07. The number of hydrogen-bond donors (Lipinski definition) is 1. The molecule has 32 heavy (non-hydrogen) atoms. The van der Waals surface area contributed by atoms with Crippen molar-refractivity contribution in [1.29, 1.82) is 0 Å². The van der Waals surface area contributed by atoms with E-state index < -0.39 is 5.97 Å². The first-order chi connectivity index (χ1) is 15.5. The minimum Gasteiger partial charge on any atom is -0.478 e. The second-order valence-corrected chi connectivity index (χ2v) is 8.86. The molecule has 1 fully saturated rings. The van der Waals surface area contributed by atoms with E-state index in [4.69, 9.17) is 27.9 Å². The van der Waals surface area contributed by atoms with E-state index in [1.165, 1.54) is 11.8 Å². The highest BCUT2D eigenvalue weighted by Gasteiger charge is 2.33. The van der Waals surface area contributed by atoms with E-state index in [0.29, 0.717) is 23.2 Å². The quantitative estimate of drug-likeness (QED) is 0.457. The Kier molecular flexibility index (Phi) is 7.43. The molecule has 1 saturated heterocycles. The molecule has 0 aliphatic carbocycles. The lowest BCUT2D eigenvalue weighted by molar-refractivity contribution is -0.0553. The van der Waals surface area contributed by atoms with Crippen molar-refractivity contribution in [1.82, 2.24) is 9.88 Å². The van der Waals surface area contributed by atoms with Crippen molar-refractivity contribution in [3.63, 3.8) is 0 Å². The average Bonchev–Trinajstić information content (AvgIpc) is 2.78. The maximum atomic E-state index is 11.4. The van der Waals surface area contributed by atoms with E-state index in [2.05, 4.69) is 22.0 Å². The van der Waals surface area contributed by atoms with Gasteiger partial charge in [-0.05, 0) is 60.3 Å². The maximum Gasteiger partial charge on any atom is 0.337 e. The van der Waals surface area contributed by atoms with E-state index in [1.807, 2.05) is 30.3 Å². The fourth-order valence-corrected chi connectivity index (χ4v) is 4.85. The van der Waals surface area contributed by atoms with Gasteiger partial charge in [0.05, 0.1) is 24.3 Å². The number of carboxylic acid groups (broad SMARTS) is 1. The molecule has 5 nitrogen and oxygen atoms in total. The van der Waals surface area contributed by atoms with Gasteiger partial charge in [-0.2, -0.15) is 0 Å². The van der Waals surface area contributed by atoms with Crippen molar-refractivity contribution >= 4 is 29.2 Å². The summed E-state index contributed by atoms with van der Waals surface area (Å²) in [5, 5.41) is 10.5. The normalized spacial score (nSPS) is 19.1. The third-order valence-electron chi connectivity index (χ3n) is 5.63. The minimum absolute atomic E-state index is 0.0282. The summed E-state index contributed by atoms with van der Waals surface area (Å²) in [4.78, 5) is 17.8. The summed E-state index contributed by atoms with van der Waals surface area (Å²) in [6, 6.07) is 17.5. The highest BCUT2D eigenvalue weighted by molar-refractivity contribution is 6.34. The molecular formula is C25H24Cl2N2O3. The fraction of sp³-hybridized carbons (Fsp3) is 0.280. The van der Waals surface area contributed by atoms with Gasteiger partial charge in [0.1, 0.15) is 0 Å². The number of benzene rings is 2. The Morgan fingerprint density at radius 3 is 2.53 bits per heavy atom. The van der Waals surface area contributed by atoms with Gasteiger partial charge in [0.25, 0.3) is 0 Å². The van der Waals surface area contributed by atoms with Crippen LogP contribution in [0.5, 0.6) is 0 Å². The maximum absolute atomic E-state index is 11.4. The van der Waals surface area contributed by atoms with Crippen LogP contribution in [0.15, 0.2) is 67.0 Å². The van der Waals surface area contributed by atoms with Gasteiger partial charge >= 0.3 is 5.97 Å². The van der Waals surface area contributed by atoms with Crippen LogP contribution in [0.4, 0.5) is 0 Å². The smallest absolute Gasteiger partial charge is 0.337 e. The number of carbonyl (C=O) groups is 1. The van der Waals surface area contributed by atoms with Crippen molar-refractivity contribution < 1.29 is 14.6 Å². The molecule has 0 radical (unpaired) electrons. The molecule has 7 heteroatoms. The van der Waals surface area contributed by atoms with Crippen molar-refractivity contribution in [2.24, 2.45) is 0 Å². The molecule has 0 saturated carbocycles. The molecule has 1 aromatic heterocycles. The zero-order valence-corrected chi connectivity index (χ0v) is 19.0. The van der Waals surface area contributed by atoms with Crippen molar-refractivity contribution in [3.05, 3.63) is 99.3 Å². The summed E-state index contributed by atoms with van der Waals surface area (Å²) in [7, 11) is 0. The number of aromatic carboxylic acids is 1. The van der Waals surface area contributed by atoms with Gasteiger partial charge < -0.3 is 9.84 Å². The third kappa shape index (κ3) is 5.67. The average molecular weight is 471 g/mol. The molecule has 0 unspecified atom stereocenters. The molecule has 0 bridgehead atoms. The first-order valence-electron chi connectivity index (χ1n) is 10.5. The number of aromatic nitrogens is 1. The van der Waals surface area contributed by atoms with Crippen LogP contribution in [0.2, 0.25) is 10.0 Å². The molecule has 2 aromatic carbocycles. The van der Waals surface area contributed by atoms with E-state index >= 15 is 0 Å². The minimum atomic E-state index is -0.973. The molecule has 0 spiro atoms. The van der Waals surface area contributed by atoms with Crippen LogP contribution >= 0.6 is 23.2 Å². The van der Waals surface area contributed by atoms with Gasteiger partial charge in [0.2, 0.25) is 0 Å². The van der Waals surface area contributed by atoms with Crippen molar-refractivity contribution in [3.8, 4) is 0 Å². The number of rotatable bonds is 7. The predicted molar refractivity (Wildman–Crippen MR) is 125 cm³/mol. The van der Waals surface area contributed by atoms with Gasteiger partial charge in [-0.15, -0.1) is 0 Å². The number of likely N-dealkylation sites (tertiary alicyclic amines) is 1. The SMILES string of the molecule is O=C(O)c1cncc(CN2CCC[C@H](OCc3cc(Cl)cc(Cl)c3)[C@@H]2c2ccccc2)c1. The van der Waals surface area contributed by atoms with Crippen LogP contribution in [0, 0.1) is 0 Å². The number of hydrogen-bond acceptors (Lipinski definition) is 4. The molecule has 2 heterocycles. The molecule has 0 amide bonds. The Balaban J connectivity index is 1.57. The number of pyridine rings is 1. The van der Waals surface area contributed by atoms with Crippen LogP contribution in [0.1, 0.15) is 45.9 Å². The van der Waals surface area contributed by atoms with E-state index in [9.17, 15) is 9.90 Å². The molecule has 166 valence electrons. The van der Waals surface area contributed by atoms with Crippen LogP contribution in [-0.4, -0.2) is 33.6 Å². The Bertz CT molecular complexity index is 1060. The lowest BCUT2D eigenvalue weighted by Crippen LogP contribution is -2.42. The Labute approximate surface area is 197 Å². The second kappa shape index (κ2) is 10.5.